The average Bonchev–Trinajstić information content (AvgIpc) is 2.42. The van der Waals surface area contributed by atoms with Crippen molar-refractivity contribution in [3.8, 4) is 5.75 Å². The highest BCUT2D eigenvalue weighted by atomic mass is 32.2. The first kappa shape index (κ1) is 16.3. The number of hydrogen-bond acceptors (Lipinski definition) is 4. The fourth-order valence-corrected chi connectivity index (χ4v) is 4.23. The molecule has 1 aliphatic rings. The zero-order valence-electron chi connectivity index (χ0n) is 12.9. The molecular formula is C15H24N2O3S. The van der Waals surface area contributed by atoms with Gasteiger partial charge >= 0.3 is 0 Å². The van der Waals surface area contributed by atoms with Gasteiger partial charge in [0, 0.05) is 25.2 Å². The molecule has 1 heterocycles. The molecule has 0 radical (unpaired) electrons. The molecule has 5 nitrogen and oxygen atoms in total. The Kier molecular flexibility index (Phi) is 4.60. The third kappa shape index (κ3) is 3.39. The van der Waals surface area contributed by atoms with Gasteiger partial charge in [-0.3, -0.25) is 0 Å². The third-order valence-corrected chi connectivity index (χ3v) is 5.87. The Morgan fingerprint density at radius 2 is 2.14 bits per heavy atom. The van der Waals surface area contributed by atoms with Crippen LogP contribution < -0.4 is 10.5 Å². The van der Waals surface area contributed by atoms with E-state index in [0.29, 0.717) is 31.9 Å². The van der Waals surface area contributed by atoms with Crippen molar-refractivity contribution in [3.63, 3.8) is 0 Å². The summed E-state index contributed by atoms with van der Waals surface area (Å²) in [6.07, 6.45) is 0.678. The van der Waals surface area contributed by atoms with E-state index in [-0.39, 0.29) is 16.4 Å². The molecule has 118 valence electrons. The molecule has 1 saturated heterocycles. The molecule has 1 aliphatic heterocycles. The van der Waals surface area contributed by atoms with E-state index in [1.165, 1.54) is 4.31 Å². The Bertz CT molecular complexity index is 599. The summed E-state index contributed by atoms with van der Waals surface area (Å²) in [5.74, 6) is 0.576. The maximum absolute atomic E-state index is 12.8. The van der Waals surface area contributed by atoms with Crippen LogP contribution in [0.5, 0.6) is 5.75 Å². The number of nitrogens with two attached hydrogens (primary N) is 1. The molecule has 0 spiro atoms. The number of hydrogen-bond donors (Lipinski definition) is 1. The maximum atomic E-state index is 12.8. The fourth-order valence-electron chi connectivity index (χ4n) is 2.57. The topological polar surface area (TPSA) is 72.6 Å². The number of sulfonamides is 1. The van der Waals surface area contributed by atoms with Crippen LogP contribution in [0.3, 0.4) is 0 Å². The molecule has 0 saturated carbocycles. The molecule has 6 heteroatoms. The smallest absolute Gasteiger partial charge is 0.243 e. The van der Waals surface area contributed by atoms with Gasteiger partial charge in [0.25, 0.3) is 0 Å². The van der Waals surface area contributed by atoms with Gasteiger partial charge in [-0.25, -0.2) is 8.42 Å². The number of ether oxygens (including phenoxy) is 1. The van der Waals surface area contributed by atoms with E-state index in [2.05, 4.69) is 0 Å². The molecule has 0 aliphatic carbocycles. The first-order valence-electron chi connectivity index (χ1n) is 7.26. The highest BCUT2D eigenvalue weighted by molar-refractivity contribution is 7.89. The van der Waals surface area contributed by atoms with Crippen molar-refractivity contribution < 1.29 is 13.2 Å². The minimum absolute atomic E-state index is 0.0266. The van der Waals surface area contributed by atoms with E-state index in [1.807, 2.05) is 20.8 Å². The largest absolute Gasteiger partial charge is 0.494 e. The summed E-state index contributed by atoms with van der Waals surface area (Å²) < 4.78 is 32.4. The van der Waals surface area contributed by atoms with Crippen LogP contribution in [-0.2, 0) is 10.0 Å². The predicted molar refractivity (Wildman–Crippen MR) is 82.7 cm³/mol. The summed E-state index contributed by atoms with van der Waals surface area (Å²) >= 11 is 0. The van der Waals surface area contributed by atoms with E-state index < -0.39 is 10.0 Å². The van der Waals surface area contributed by atoms with Crippen LogP contribution in [0.2, 0.25) is 0 Å². The van der Waals surface area contributed by atoms with Crippen LogP contribution >= 0.6 is 0 Å². The first-order chi connectivity index (χ1) is 9.77. The van der Waals surface area contributed by atoms with E-state index in [4.69, 9.17) is 10.5 Å². The lowest BCUT2D eigenvalue weighted by Gasteiger charge is -2.41. The SMILES string of the molecule is CCOc1cccc(S(=O)(=O)N2CCC(N)C(C)(C)C2)c1. The molecule has 0 aromatic heterocycles. The average molecular weight is 312 g/mol. The summed E-state index contributed by atoms with van der Waals surface area (Å²) in [6.45, 7) is 7.30. The van der Waals surface area contributed by atoms with Crippen molar-refractivity contribution in [1.29, 1.82) is 0 Å². The van der Waals surface area contributed by atoms with Gasteiger partial charge < -0.3 is 10.5 Å². The van der Waals surface area contributed by atoms with Gasteiger partial charge in [-0.2, -0.15) is 4.31 Å². The summed E-state index contributed by atoms with van der Waals surface area (Å²) in [5, 5.41) is 0. The lowest BCUT2D eigenvalue weighted by atomic mass is 9.81. The quantitative estimate of drug-likeness (QED) is 0.920. The van der Waals surface area contributed by atoms with E-state index in [9.17, 15) is 8.42 Å². The van der Waals surface area contributed by atoms with Crippen LogP contribution in [0.25, 0.3) is 0 Å². The van der Waals surface area contributed by atoms with Gasteiger partial charge in [0.15, 0.2) is 0 Å². The molecule has 1 fully saturated rings. The Labute approximate surface area is 127 Å². The van der Waals surface area contributed by atoms with Gasteiger partial charge in [0.2, 0.25) is 10.0 Å². The molecule has 1 aromatic rings. The second-order valence-electron chi connectivity index (χ2n) is 6.13. The molecule has 0 amide bonds. The minimum atomic E-state index is -3.50. The van der Waals surface area contributed by atoms with Crippen LogP contribution in [-0.4, -0.2) is 38.5 Å². The summed E-state index contributed by atoms with van der Waals surface area (Å²) in [7, 11) is -3.50. The molecule has 1 aromatic carbocycles. The van der Waals surface area contributed by atoms with Crippen molar-refractivity contribution in [3.05, 3.63) is 24.3 Å². The van der Waals surface area contributed by atoms with Crippen LogP contribution in [0.1, 0.15) is 27.2 Å². The number of benzene rings is 1. The van der Waals surface area contributed by atoms with Crippen LogP contribution in [0.4, 0.5) is 0 Å². The molecule has 0 bridgehead atoms. The Morgan fingerprint density at radius 3 is 2.76 bits per heavy atom. The molecule has 2 N–H and O–H groups in total. The lowest BCUT2D eigenvalue weighted by molar-refractivity contribution is 0.155. The Balaban J connectivity index is 2.28. The predicted octanol–water partition coefficient (Wildman–Crippen LogP) is 1.83. The molecule has 21 heavy (non-hydrogen) atoms. The van der Waals surface area contributed by atoms with Gasteiger partial charge in [-0.1, -0.05) is 19.9 Å². The standard InChI is InChI=1S/C15H24N2O3S/c1-4-20-12-6-5-7-13(10-12)21(18,19)17-9-8-14(16)15(2,3)11-17/h5-7,10,14H,4,8-9,11,16H2,1-3H3. The van der Waals surface area contributed by atoms with E-state index >= 15 is 0 Å². The summed E-state index contributed by atoms with van der Waals surface area (Å²) in [4.78, 5) is 0.278. The van der Waals surface area contributed by atoms with Crippen LogP contribution in [0, 0.1) is 5.41 Å². The number of piperidine rings is 1. The Morgan fingerprint density at radius 1 is 1.43 bits per heavy atom. The van der Waals surface area contributed by atoms with Gasteiger partial charge in [-0.05, 0) is 30.9 Å². The highest BCUT2D eigenvalue weighted by Gasteiger charge is 2.38. The Hall–Kier alpha value is -1.11. The monoisotopic (exact) mass is 312 g/mol. The molecule has 1 unspecified atom stereocenters. The van der Waals surface area contributed by atoms with Crippen molar-refractivity contribution >= 4 is 10.0 Å². The second kappa shape index (κ2) is 5.94. The zero-order chi connectivity index (χ0) is 15.7. The number of rotatable bonds is 4. The van der Waals surface area contributed by atoms with Crippen molar-refractivity contribution in [2.24, 2.45) is 11.1 Å². The van der Waals surface area contributed by atoms with E-state index in [1.54, 1.807) is 24.3 Å². The number of nitrogens with zero attached hydrogens (tertiary/aromatic N) is 1. The molecule has 1 atom stereocenters. The van der Waals surface area contributed by atoms with E-state index in [0.717, 1.165) is 0 Å². The summed E-state index contributed by atoms with van der Waals surface area (Å²) in [6, 6.07) is 6.69. The second-order valence-corrected chi connectivity index (χ2v) is 8.07. The fraction of sp³-hybridized carbons (Fsp3) is 0.600. The lowest BCUT2D eigenvalue weighted by Crippen LogP contribution is -2.53. The molecular weight excluding hydrogens is 288 g/mol. The van der Waals surface area contributed by atoms with Crippen LogP contribution in [0.15, 0.2) is 29.2 Å². The maximum Gasteiger partial charge on any atom is 0.243 e. The van der Waals surface area contributed by atoms with Gasteiger partial charge in [0.1, 0.15) is 5.75 Å². The first-order valence-corrected chi connectivity index (χ1v) is 8.70. The summed E-state index contributed by atoms with van der Waals surface area (Å²) in [5.41, 5.74) is 5.86. The van der Waals surface area contributed by atoms with Gasteiger partial charge in [0.05, 0.1) is 11.5 Å². The normalized spacial score (nSPS) is 23.0. The molecule has 2 rings (SSSR count). The van der Waals surface area contributed by atoms with Crippen molar-refractivity contribution in [1.82, 2.24) is 4.31 Å². The van der Waals surface area contributed by atoms with Crippen molar-refractivity contribution in [2.45, 2.75) is 38.1 Å². The third-order valence-electron chi connectivity index (χ3n) is 4.03. The highest BCUT2D eigenvalue weighted by Crippen LogP contribution is 2.31. The zero-order valence-corrected chi connectivity index (χ0v) is 13.7. The van der Waals surface area contributed by atoms with Crippen molar-refractivity contribution in [2.75, 3.05) is 19.7 Å². The van der Waals surface area contributed by atoms with Gasteiger partial charge in [-0.15, -0.1) is 0 Å². The minimum Gasteiger partial charge on any atom is -0.494 e.